The van der Waals surface area contributed by atoms with E-state index < -0.39 is 0 Å². The third kappa shape index (κ3) is 2.54. The molecule has 1 fully saturated rings. The van der Waals surface area contributed by atoms with E-state index >= 15 is 0 Å². The summed E-state index contributed by atoms with van der Waals surface area (Å²) in [4.78, 5) is 0. The van der Waals surface area contributed by atoms with E-state index in [1.54, 1.807) is 0 Å². The van der Waals surface area contributed by atoms with Crippen molar-refractivity contribution in [2.24, 2.45) is 12.5 Å². The van der Waals surface area contributed by atoms with Gasteiger partial charge in [0.2, 0.25) is 0 Å². The Morgan fingerprint density at radius 1 is 1.33 bits per heavy atom. The summed E-state index contributed by atoms with van der Waals surface area (Å²) in [6, 6.07) is 2.57. The molecular weight excluding hydrogens is 246 g/mol. The molecule has 98 valence electrons. The van der Waals surface area contributed by atoms with Crippen LogP contribution in [0.2, 0.25) is 5.02 Å². The Balaban J connectivity index is 2.27. The Labute approximate surface area is 114 Å². The van der Waals surface area contributed by atoms with Crippen LogP contribution in [0.3, 0.4) is 0 Å². The number of nitrogens with zero attached hydrogens (tertiary/aromatic N) is 3. The second-order valence-corrected chi connectivity index (χ2v) is 5.83. The number of hydrogen-bond donors (Lipinski definition) is 0. The highest BCUT2D eigenvalue weighted by Gasteiger charge is 2.33. The van der Waals surface area contributed by atoms with Crippen molar-refractivity contribution in [3.05, 3.63) is 16.4 Å². The molecule has 0 saturated heterocycles. The molecule has 1 aromatic heterocycles. The van der Waals surface area contributed by atoms with Gasteiger partial charge in [-0.15, -0.1) is 0 Å². The molecule has 0 aromatic carbocycles. The molecule has 18 heavy (non-hydrogen) atoms. The molecule has 1 aromatic rings. The molecule has 0 atom stereocenters. The highest BCUT2D eigenvalue weighted by molar-refractivity contribution is 6.31. The lowest BCUT2D eigenvalue weighted by atomic mass is 9.78. The van der Waals surface area contributed by atoms with Crippen LogP contribution < -0.4 is 0 Å². The highest BCUT2D eigenvalue weighted by atomic mass is 35.5. The highest BCUT2D eigenvalue weighted by Crippen LogP contribution is 2.39. The van der Waals surface area contributed by atoms with E-state index in [1.165, 1.54) is 12.8 Å². The molecule has 1 aliphatic carbocycles. The Morgan fingerprint density at radius 2 is 1.94 bits per heavy atom. The average Bonchev–Trinajstić information content (AvgIpc) is 2.58. The molecule has 3 nitrogen and oxygen atoms in total. The Kier molecular flexibility index (Phi) is 3.97. The van der Waals surface area contributed by atoms with Gasteiger partial charge in [0.1, 0.15) is 0 Å². The minimum atomic E-state index is -0.236. The first-order chi connectivity index (χ1) is 8.58. The first-order valence-electron chi connectivity index (χ1n) is 6.67. The van der Waals surface area contributed by atoms with E-state index in [1.807, 2.05) is 18.7 Å². The van der Waals surface area contributed by atoms with Crippen LogP contribution in [-0.4, -0.2) is 9.78 Å². The zero-order valence-corrected chi connectivity index (χ0v) is 11.9. The number of nitriles is 1. The van der Waals surface area contributed by atoms with Crippen LogP contribution in [0, 0.1) is 23.7 Å². The average molecular weight is 266 g/mol. The molecule has 1 saturated carbocycles. The van der Waals surface area contributed by atoms with Gasteiger partial charge in [-0.3, -0.25) is 4.68 Å². The topological polar surface area (TPSA) is 41.6 Å². The lowest BCUT2D eigenvalue weighted by Crippen LogP contribution is -2.22. The third-order valence-electron chi connectivity index (χ3n) is 4.07. The molecule has 1 aliphatic rings. The third-order valence-corrected chi connectivity index (χ3v) is 4.56. The summed E-state index contributed by atoms with van der Waals surface area (Å²) in [5.41, 5.74) is 1.63. The van der Waals surface area contributed by atoms with Gasteiger partial charge in [-0.1, -0.05) is 37.3 Å². The maximum atomic E-state index is 9.59. The van der Waals surface area contributed by atoms with E-state index in [0.717, 1.165) is 48.5 Å². The van der Waals surface area contributed by atoms with Gasteiger partial charge in [-0.05, 0) is 19.8 Å². The van der Waals surface area contributed by atoms with Crippen molar-refractivity contribution in [3.8, 4) is 6.07 Å². The molecule has 0 spiro atoms. The standard InChI is InChI=1S/C14H20ClN3/c1-11-13(15)12(18(2)17-11)9-14(10-16)7-5-3-4-6-8-14/h3-9H2,1-2H3. The monoisotopic (exact) mass is 265 g/mol. The van der Waals surface area contributed by atoms with Crippen molar-refractivity contribution in [1.29, 1.82) is 5.26 Å². The summed E-state index contributed by atoms with van der Waals surface area (Å²) < 4.78 is 1.83. The lowest BCUT2D eigenvalue weighted by Gasteiger charge is -2.24. The molecule has 0 unspecified atom stereocenters. The van der Waals surface area contributed by atoms with Crippen LogP contribution in [0.15, 0.2) is 0 Å². The van der Waals surface area contributed by atoms with E-state index in [-0.39, 0.29) is 5.41 Å². The van der Waals surface area contributed by atoms with E-state index in [2.05, 4.69) is 11.2 Å². The van der Waals surface area contributed by atoms with Crippen molar-refractivity contribution >= 4 is 11.6 Å². The first-order valence-corrected chi connectivity index (χ1v) is 7.05. The van der Waals surface area contributed by atoms with Crippen molar-refractivity contribution in [2.45, 2.75) is 51.9 Å². The molecule has 0 bridgehead atoms. The zero-order valence-electron chi connectivity index (χ0n) is 11.2. The number of aryl methyl sites for hydroxylation is 2. The zero-order chi connectivity index (χ0) is 13.2. The largest absolute Gasteiger partial charge is 0.271 e. The second-order valence-electron chi connectivity index (χ2n) is 5.45. The molecule has 4 heteroatoms. The fourth-order valence-electron chi connectivity index (χ4n) is 2.93. The molecule has 0 aliphatic heterocycles. The number of rotatable bonds is 2. The van der Waals surface area contributed by atoms with E-state index in [4.69, 9.17) is 11.6 Å². The molecule has 2 rings (SSSR count). The van der Waals surface area contributed by atoms with Crippen molar-refractivity contribution in [3.63, 3.8) is 0 Å². The van der Waals surface area contributed by atoms with Gasteiger partial charge in [0.15, 0.2) is 0 Å². The van der Waals surface area contributed by atoms with Gasteiger partial charge >= 0.3 is 0 Å². The minimum absolute atomic E-state index is 0.236. The maximum Gasteiger partial charge on any atom is 0.0847 e. The fourth-order valence-corrected chi connectivity index (χ4v) is 3.15. The first kappa shape index (κ1) is 13.4. The molecule has 0 radical (unpaired) electrons. The van der Waals surface area contributed by atoms with Crippen LogP contribution in [0.25, 0.3) is 0 Å². The van der Waals surface area contributed by atoms with E-state index in [9.17, 15) is 5.26 Å². The predicted octanol–water partition coefficient (Wildman–Crippen LogP) is 3.79. The van der Waals surface area contributed by atoms with Crippen LogP contribution in [0.5, 0.6) is 0 Å². The van der Waals surface area contributed by atoms with Crippen LogP contribution >= 0.6 is 11.6 Å². The quantitative estimate of drug-likeness (QED) is 0.764. The lowest BCUT2D eigenvalue weighted by molar-refractivity contribution is 0.331. The number of halogens is 1. The van der Waals surface area contributed by atoms with Gasteiger partial charge in [-0.2, -0.15) is 10.4 Å². The van der Waals surface area contributed by atoms with Gasteiger partial charge in [0, 0.05) is 13.5 Å². The van der Waals surface area contributed by atoms with Crippen molar-refractivity contribution < 1.29 is 0 Å². The van der Waals surface area contributed by atoms with Crippen LogP contribution in [-0.2, 0) is 13.5 Å². The number of hydrogen-bond acceptors (Lipinski definition) is 2. The maximum absolute atomic E-state index is 9.59. The van der Waals surface area contributed by atoms with Crippen LogP contribution in [0.4, 0.5) is 0 Å². The molecular formula is C14H20ClN3. The summed E-state index contributed by atoms with van der Waals surface area (Å²) in [6.07, 6.45) is 7.53. The minimum Gasteiger partial charge on any atom is -0.271 e. The SMILES string of the molecule is Cc1nn(C)c(CC2(C#N)CCCCCC2)c1Cl. The van der Waals surface area contributed by atoms with Gasteiger partial charge in [0.25, 0.3) is 0 Å². The predicted molar refractivity (Wildman–Crippen MR) is 72.4 cm³/mol. The Bertz CT molecular complexity index is 462. The van der Waals surface area contributed by atoms with Crippen molar-refractivity contribution in [1.82, 2.24) is 9.78 Å². The smallest absolute Gasteiger partial charge is 0.0847 e. The van der Waals surface area contributed by atoms with Crippen LogP contribution in [0.1, 0.15) is 49.9 Å². The Morgan fingerprint density at radius 3 is 2.39 bits per heavy atom. The second kappa shape index (κ2) is 5.32. The summed E-state index contributed by atoms with van der Waals surface area (Å²) >= 11 is 6.30. The summed E-state index contributed by atoms with van der Waals surface area (Å²) in [7, 11) is 1.91. The summed E-state index contributed by atoms with van der Waals surface area (Å²) in [6.45, 7) is 1.91. The molecule has 0 amide bonds. The fraction of sp³-hybridized carbons (Fsp3) is 0.714. The Hall–Kier alpha value is -1.01. The summed E-state index contributed by atoms with van der Waals surface area (Å²) in [5, 5.41) is 14.7. The van der Waals surface area contributed by atoms with Gasteiger partial charge < -0.3 is 0 Å². The molecule has 1 heterocycles. The van der Waals surface area contributed by atoms with E-state index in [0.29, 0.717) is 0 Å². The van der Waals surface area contributed by atoms with Gasteiger partial charge in [0.05, 0.1) is 27.9 Å². The molecule has 0 N–H and O–H groups in total. The van der Waals surface area contributed by atoms with Gasteiger partial charge in [-0.25, -0.2) is 0 Å². The summed E-state index contributed by atoms with van der Waals surface area (Å²) in [5.74, 6) is 0. The van der Waals surface area contributed by atoms with Crippen molar-refractivity contribution in [2.75, 3.05) is 0 Å². The normalized spacial score (nSPS) is 19.2. The number of aromatic nitrogens is 2.